The van der Waals surface area contributed by atoms with Gasteiger partial charge in [0.2, 0.25) is 0 Å². The maximum atomic E-state index is 11.7. The summed E-state index contributed by atoms with van der Waals surface area (Å²) in [5.41, 5.74) is 5.97. The van der Waals surface area contributed by atoms with Gasteiger partial charge in [0.25, 0.3) is 0 Å². The van der Waals surface area contributed by atoms with E-state index in [0.29, 0.717) is 6.04 Å². The van der Waals surface area contributed by atoms with Crippen molar-refractivity contribution in [3.8, 4) is 0 Å². The Bertz CT molecular complexity index is 366. The van der Waals surface area contributed by atoms with Crippen LogP contribution in [0.3, 0.4) is 0 Å². The highest BCUT2D eigenvalue weighted by atomic mass is 16.1. The number of hydrogen-bond donors (Lipinski definition) is 1. The number of nitrogens with zero attached hydrogens (tertiary/aromatic N) is 2. The number of aryl methyl sites for hydroxylation is 1. The first-order valence-electron chi connectivity index (χ1n) is 5.17. The third-order valence-electron chi connectivity index (χ3n) is 3.05. The summed E-state index contributed by atoms with van der Waals surface area (Å²) in [7, 11) is 1.78. The molecule has 1 aliphatic carbocycles. The molecule has 0 saturated heterocycles. The zero-order valence-electron chi connectivity index (χ0n) is 8.52. The SMILES string of the molecule is Cn1ccn(C2CCCC(N)C2)c1=O. The lowest BCUT2D eigenvalue weighted by atomic mass is 9.91. The van der Waals surface area contributed by atoms with Crippen molar-refractivity contribution in [1.29, 1.82) is 0 Å². The Morgan fingerprint density at radius 1 is 1.43 bits per heavy atom. The Kier molecular flexibility index (Phi) is 2.46. The predicted molar refractivity (Wildman–Crippen MR) is 55.2 cm³/mol. The van der Waals surface area contributed by atoms with Gasteiger partial charge in [-0.3, -0.25) is 4.57 Å². The molecule has 78 valence electrons. The van der Waals surface area contributed by atoms with Gasteiger partial charge in [0.05, 0.1) is 0 Å². The van der Waals surface area contributed by atoms with E-state index in [1.54, 1.807) is 11.6 Å². The van der Waals surface area contributed by atoms with E-state index in [-0.39, 0.29) is 11.7 Å². The zero-order valence-corrected chi connectivity index (χ0v) is 8.52. The summed E-state index contributed by atoms with van der Waals surface area (Å²) in [5.74, 6) is 0. The number of aromatic nitrogens is 2. The van der Waals surface area contributed by atoms with E-state index in [1.807, 2.05) is 17.0 Å². The number of hydrogen-bond acceptors (Lipinski definition) is 2. The second-order valence-corrected chi connectivity index (χ2v) is 4.18. The van der Waals surface area contributed by atoms with Crippen molar-refractivity contribution in [1.82, 2.24) is 9.13 Å². The molecule has 2 N–H and O–H groups in total. The minimum Gasteiger partial charge on any atom is -0.328 e. The van der Waals surface area contributed by atoms with E-state index in [1.165, 1.54) is 0 Å². The minimum absolute atomic E-state index is 0.0732. The fourth-order valence-electron chi connectivity index (χ4n) is 2.21. The van der Waals surface area contributed by atoms with E-state index in [4.69, 9.17) is 5.73 Å². The molecule has 4 nitrogen and oxygen atoms in total. The molecule has 2 atom stereocenters. The average molecular weight is 195 g/mol. The highest BCUT2D eigenvalue weighted by Gasteiger charge is 2.21. The third-order valence-corrected chi connectivity index (χ3v) is 3.05. The van der Waals surface area contributed by atoms with Gasteiger partial charge in [-0.25, -0.2) is 4.79 Å². The maximum absolute atomic E-state index is 11.7. The largest absolute Gasteiger partial charge is 0.328 e. The van der Waals surface area contributed by atoms with Crippen LogP contribution in [0, 0.1) is 0 Å². The summed E-state index contributed by atoms with van der Waals surface area (Å²) < 4.78 is 3.43. The van der Waals surface area contributed by atoms with Gasteiger partial charge in [0.15, 0.2) is 0 Å². The minimum atomic E-state index is 0.0732. The van der Waals surface area contributed by atoms with Crippen LogP contribution >= 0.6 is 0 Å². The van der Waals surface area contributed by atoms with Gasteiger partial charge in [0, 0.05) is 31.5 Å². The Labute approximate surface area is 83.3 Å². The molecule has 0 amide bonds. The van der Waals surface area contributed by atoms with Crippen molar-refractivity contribution in [3.63, 3.8) is 0 Å². The lowest BCUT2D eigenvalue weighted by Crippen LogP contribution is -2.33. The molecule has 0 bridgehead atoms. The molecule has 1 aromatic heterocycles. The van der Waals surface area contributed by atoms with Crippen LogP contribution in [0.1, 0.15) is 31.7 Å². The Balaban J connectivity index is 2.22. The van der Waals surface area contributed by atoms with E-state index in [0.717, 1.165) is 25.7 Å². The number of rotatable bonds is 1. The van der Waals surface area contributed by atoms with E-state index in [9.17, 15) is 4.79 Å². The highest BCUT2D eigenvalue weighted by Crippen LogP contribution is 2.26. The quantitative estimate of drug-likeness (QED) is 0.714. The van der Waals surface area contributed by atoms with Gasteiger partial charge < -0.3 is 10.3 Å². The summed E-state index contributed by atoms with van der Waals surface area (Å²) >= 11 is 0. The number of imidazole rings is 1. The second-order valence-electron chi connectivity index (χ2n) is 4.18. The van der Waals surface area contributed by atoms with Gasteiger partial charge in [-0.05, 0) is 25.7 Å². The van der Waals surface area contributed by atoms with Gasteiger partial charge in [0.1, 0.15) is 0 Å². The second kappa shape index (κ2) is 3.61. The Hall–Kier alpha value is -1.03. The van der Waals surface area contributed by atoms with Gasteiger partial charge in [-0.15, -0.1) is 0 Å². The number of nitrogens with two attached hydrogens (primary N) is 1. The summed E-state index contributed by atoms with van der Waals surface area (Å²) in [5, 5.41) is 0. The lowest BCUT2D eigenvalue weighted by Gasteiger charge is -2.26. The van der Waals surface area contributed by atoms with Crippen molar-refractivity contribution in [3.05, 3.63) is 22.9 Å². The molecule has 0 spiro atoms. The molecule has 4 heteroatoms. The molecule has 1 heterocycles. The molecule has 0 aliphatic heterocycles. The van der Waals surface area contributed by atoms with Crippen LogP contribution in [-0.4, -0.2) is 15.2 Å². The first-order valence-corrected chi connectivity index (χ1v) is 5.17. The molecule has 1 aromatic rings. The molecule has 1 saturated carbocycles. The van der Waals surface area contributed by atoms with Crippen LogP contribution in [0.15, 0.2) is 17.2 Å². The Morgan fingerprint density at radius 3 is 2.79 bits per heavy atom. The summed E-state index contributed by atoms with van der Waals surface area (Å²) in [6, 6.07) is 0.577. The van der Waals surface area contributed by atoms with Crippen molar-refractivity contribution in [2.45, 2.75) is 37.8 Å². The molecule has 2 rings (SSSR count). The smallest absolute Gasteiger partial charge is 0.328 e. The van der Waals surface area contributed by atoms with E-state index < -0.39 is 0 Å². The fourth-order valence-corrected chi connectivity index (χ4v) is 2.21. The van der Waals surface area contributed by atoms with Gasteiger partial charge in [-0.2, -0.15) is 0 Å². The predicted octanol–water partition coefficient (Wildman–Crippen LogP) is 0.629. The summed E-state index contributed by atoms with van der Waals surface area (Å²) in [6.07, 6.45) is 7.92. The van der Waals surface area contributed by atoms with E-state index >= 15 is 0 Å². The van der Waals surface area contributed by atoms with Crippen LogP contribution in [-0.2, 0) is 7.05 Å². The zero-order chi connectivity index (χ0) is 10.1. The monoisotopic (exact) mass is 195 g/mol. The van der Waals surface area contributed by atoms with Crippen LogP contribution < -0.4 is 11.4 Å². The van der Waals surface area contributed by atoms with Crippen molar-refractivity contribution < 1.29 is 0 Å². The lowest BCUT2D eigenvalue weighted by molar-refractivity contribution is 0.313. The van der Waals surface area contributed by atoms with Crippen LogP contribution in [0.5, 0.6) is 0 Å². The first-order chi connectivity index (χ1) is 6.68. The molecule has 1 fully saturated rings. The van der Waals surface area contributed by atoms with E-state index in [2.05, 4.69) is 0 Å². The molecule has 2 unspecified atom stereocenters. The Morgan fingerprint density at radius 2 is 2.21 bits per heavy atom. The van der Waals surface area contributed by atoms with Crippen LogP contribution in [0.25, 0.3) is 0 Å². The first kappa shape index (κ1) is 9.52. The average Bonchev–Trinajstić information content (AvgIpc) is 2.48. The van der Waals surface area contributed by atoms with Crippen molar-refractivity contribution in [2.75, 3.05) is 0 Å². The third kappa shape index (κ3) is 1.62. The maximum Gasteiger partial charge on any atom is 0.328 e. The van der Waals surface area contributed by atoms with Gasteiger partial charge >= 0.3 is 5.69 Å². The molecule has 0 aromatic carbocycles. The molecular weight excluding hydrogens is 178 g/mol. The fraction of sp³-hybridized carbons (Fsp3) is 0.700. The topological polar surface area (TPSA) is 52.9 Å². The normalized spacial score (nSPS) is 27.9. The molecule has 1 aliphatic rings. The molecular formula is C10H17N3O. The highest BCUT2D eigenvalue weighted by molar-refractivity contribution is 4.88. The molecule has 0 radical (unpaired) electrons. The summed E-state index contributed by atoms with van der Waals surface area (Å²) in [4.78, 5) is 11.7. The van der Waals surface area contributed by atoms with Crippen molar-refractivity contribution >= 4 is 0 Å². The van der Waals surface area contributed by atoms with Crippen LogP contribution in [0.2, 0.25) is 0 Å². The van der Waals surface area contributed by atoms with Crippen LogP contribution in [0.4, 0.5) is 0 Å². The van der Waals surface area contributed by atoms with Crippen molar-refractivity contribution in [2.24, 2.45) is 12.8 Å². The molecule has 14 heavy (non-hydrogen) atoms. The standard InChI is InChI=1S/C10H17N3O/c1-12-5-6-13(10(12)14)9-4-2-3-8(11)7-9/h5-6,8-9H,2-4,7,11H2,1H3. The summed E-state index contributed by atoms with van der Waals surface area (Å²) in [6.45, 7) is 0. The van der Waals surface area contributed by atoms with Gasteiger partial charge in [-0.1, -0.05) is 0 Å².